The van der Waals surface area contributed by atoms with Crippen LogP contribution in [0.3, 0.4) is 0 Å². The van der Waals surface area contributed by atoms with E-state index in [4.69, 9.17) is 5.11 Å². The normalized spacial score (nSPS) is 22.1. The summed E-state index contributed by atoms with van der Waals surface area (Å²) in [6.45, 7) is 1.43. The number of aliphatic hydroxyl groups excluding tert-OH is 1. The highest BCUT2D eigenvalue weighted by atomic mass is 16.2. The molecule has 1 unspecified atom stereocenters. The average Bonchev–Trinajstić information content (AvgIpc) is 2.19. The topological polar surface area (TPSA) is 32.3 Å². The zero-order chi connectivity index (χ0) is 9.36. The number of hydrogen-bond donors (Lipinski definition) is 2. The summed E-state index contributed by atoms with van der Waals surface area (Å²) in [7, 11) is 0. The molecule has 0 spiro atoms. The molecule has 2 N–H and O–H groups in total. The molecule has 0 aliphatic heterocycles. The van der Waals surface area contributed by atoms with Gasteiger partial charge >= 0.3 is 0 Å². The van der Waals surface area contributed by atoms with E-state index in [9.17, 15) is 0 Å². The summed E-state index contributed by atoms with van der Waals surface area (Å²) in [4.78, 5) is 0. The van der Waals surface area contributed by atoms with Crippen LogP contribution in [0, 0.1) is 0 Å². The molecule has 0 radical (unpaired) electrons. The Bertz CT molecular complexity index is 145. The molecule has 0 aromatic rings. The fourth-order valence-electron chi connectivity index (χ4n) is 1.68. The Labute approximate surface area is 81.0 Å². The molecule has 0 heterocycles. The minimum absolute atomic E-state index is 0.337. The second-order valence-electron chi connectivity index (χ2n) is 3.70. The van der Waals surface area contributed by atoms with Crippen molar-refractivity contribution >= 4 is 0 Å². The van der Waals surface area contributed by atoms with Crippen LogP contribution in [0.15, 0.2) is 12.2 Å². The summed E-state index contributed by atoms with van der Waals surface area (Å²) in [5.74, 6) is 0. The molecule has 1 aliphatic rings. The molecule has 13 heavy (non-hydrogen) atoms. The summed E-state index contributed by atoms with van der Waals surface area (Å²) >= 11 is 0. The van der Waals surface area contributed by atoms with Gasteiger partial charge in [-0.1, -0.05) is 12.2 Å². The first-order valence-electron chi connectivity index (χ1n) is 5.44. The molecule has 0 fully saturated rings. The Morgan fingerprint density at radius 1 is 1.31 bits per heavy atom. The lowest BCUT2D eigenvalue weighted by Crippen LogP contribution is -2.29. The van der Waals surface area contributed by atoms with E-state index in [-0.39, 0.29) is 0 Å². The first-order valence-corrected chi connectivity index (χ1v) is 5.44. The van der Waals surface area contributed by atoms with Crippen LogP contribution in [0.1, 0.15) is 38.5 Å². The minimum atomic E-state index is 0.337. The molecule has 2 heteroatoms. The maximum atomic E-state index is 8.58. The number of aliphatic hydroxyl groups is 1. The second-order valence-corrected chi connectivity index (χ2v) is 3.70. The summed E-state index contributed by atoms with van der Waals surface area (Å²) in [6, 6.07) is 0.614. The van der Waals surface area contributed by atoms with Crippen LogP contribution in [0.5, 0.6) is 0 Å². The molecule has 76 valence electrons. The Hall–Kier alpha value is -0.340. The lowest BCUT2D eigenvalue weighted by Gasteiger charge is -2.17. The predicted molar refractivity (Wildman–Crippen MR) is 55.7 cm³/mol. The zero-order valence-corrected chi connectivity index (χ0v) is 8.34. The quantitative estimate of drug-likeness (QED) is 0.486. The lowest BCUT2D eigenvalue weighted by atomic mass is 10.0. The Morgan fingerprint density at radius 2 is 2.23 bits per heavy atom. The number of unbranched alkanes of at least 4 members (excludes halogenated alkanes) is 2. The van der Waals surface area contributed by atoms with Gasteiger partial charge in [0.05, 0.1) is 0 Å². The van der Waals surface area contributed by atoms with Gasteiger partial charge in [-0.05, 0) is 45.1 Å². The van der Waals surface area contributed by atoms with Gasteiger partial charge in [-0.2, -0.15) is 0 Å². The molecular weight excluding hydrogens is 162 g/mol. The Kier molecular flexibility index (Phi) is 5.87. The molecule has 0 amide bonds. The highest BCUT2D eigenvalue weighted by Gasteiger charge is 2.05. The number of allylic oxidation sites excluding steroid dienone is 1. The standard InChI is InChI=1S/C11H21NO/c13-10-6-2-5-9-12-11-7-3-1-4-8-11/h3,7,11-13H,1-2,4-6,8-10H2. The van der Waals surface area contributed by atoms with Crippen molar-refractivity contribution in [3.63, 3.8) is 0 Å². The van der Waals surface area contributed by atoms with Gasteiger partial charge in [0.15, 0.2) is 0 Å². The summed E-state index contributed by atoms with van der Waals surface area (Å²) in [5, 5.41) is 12.1. The maximum absolute atomic E-state index is 8.58. The van der Waals surface area contributed by atoms with Crippen molar-refractivity contribution in [1.82, 2.24) is 5.32 Å². The van der Waals surface area contributed by atoms with Gasteiger partial charge in [0, 0.05) is 12.6 Å². The van der Waals surface area contributed by atoms with Gasteiger partial charge in [0.1, 0.15) is 0 Å². The molecule has 0 aromatic heterocycles. The van der Waals surface area contributed by atoms with E-state index in [1.165, 1.54) is 25.7 Å². The van der Waals surface area contributed by atoms with Crippen molar-refractivity contribution in [3.8, 4) is 0 Å². The Balaban J connectivity index is 1.92. The smallest absolute Gasteiger partial charge is 0.0431 e. The van der Waals surface area contributed by atoms with Crippen molar-refractivity contribution in [2.45, 2.75) is 44.6 Å². The van der Waals surface area contributed by atoms with E-state index < -0.39 is 0 Å². The largest absolute Gasteiger partial charge is 0.396 e. The fourth-order valence-corrected chi connectivity index (χ4v) is 1.68. The van der Waals surface area contributed by atoms with Gasteiger partial charge in [-0.15, -0.1) is 0 Å². The molecule has 0 saturated heterocycles. The van der Waals surface area contributed by atoms with Gasteiger partial charge in [-0.25, -0.2) is 0 Å². The first-order chi connectivity index (χ1) is 6.43. The molecule has 2 nitrogen and oxygen atoms in total. The van der Waals surface area contributed by atoms with Crippen LogP contribution in [0.4, 0.5) is 0 Å². The van der Waals surface area contributed by atoms with E-state index in [0.29, 0.717) is 12.6 Å². The zero-order valence-electron chi connectivity index (χ0n) is 8.34. The average molecular weight is 183 g/mol. The minimum Gasteiger partial charge on any atom is -0.396 e. The fraction of sp³-hybridized carbons (Fsp3) is 0.818. The highest BCUT2D eigenvalue weighted by molar-refractivity contribution is 4.97. The molecule has 1 aliphatic carbocycles. The van der Waals surface area contributed by atoms with Crippen molar-refractivity contribution in [1.29, 1.82) is 0 Å². The highest BCUT2D eigenvalue weighted by Crippen LogP contribution is 2.09. The van der Waals surface area contributed by atoms with Gasteiger partial charge < -0.3 is 10.4 Å². The van der Waals surface area contributed by atoms with Crippen molar-refractivity contribution in [2.75, 3.05) is 13.2 Å². The van der Waals surface area contributed by atoms with E-state index in [0.717, 1.165) is 19.4 Å². The predicted octanol–water partition coefficient (Wildman–Crippen LogP) is 1.85. The van der Waals surface area contributed by atoms with Crippen LogP contribution in [0.2, 0.25) is 0 Å². The molecule has 0 bridgehead atoms. The van der Waals surface area contributed by atoms with Crippen LogP contribution in [0.25, 0.3) is 0 Å². The second kappa shape index (κ2) is 7.10. The Morgan fingerprint density at radius 3 is 2.92 bits per heavy atom. The van der Waals surface area contributed by atoms with Crippen LogP contribution in [-0.4, -0.2) is 24.3 Å². The summed E-state index contributed by atoms with van der Waals surface area (Å²) < 4.78 is 0. The van der Waals surface area contributed by atoms with Crippen molar-refractivity contribution < 1.29 is 5.11 Å². The molecule has 1 rings (SSSR count). The summed E-state index contributed by atoms with van der Waals surface area (Å²) in [5.41, 5.74) is 0. The third-order valence-corrected chi connectivity index (χ3v) is 2.50. The maximum Gasteiger partial charge on any atom is 0.0431 e. The van der Waals surface area contributed by atoms with E-state index in [2.05, 4.69) is 17.5 Å². The van der Waals surface area contributed by atoms with Crippen molar-refractivity contribution in [2.24, 2.45) is 0 Å². The monoisotopic (exact) mass is 183 g/mol. The SMILES string of the molecule is OCCCCCNC1C=CCCC1. The van der Waals surface area contributed by atoms with Crippen LogP contribution in [-0.2, 0) is 0 Å². The lowest BCUT2D eigenvalue weighted by molar-refractivity contribution is 0.282. The number of hydrogen-bond acceptors (Lipinski definition) is 2. The van der Waals surface area contributed by atoms with Gasteiger partial charge in [0.25, 0.3) is 0 Å². The van der Waals surface area contributed by atoms with E-state index >= 15 is 0 Å². The van der Waals surface area contributed by atoms with Crippen molar-refractivity contribution in [3.05, 3.63) is 12.2 Å². The first kappa shape index (κ1) is 10.7. The third kappa shape index (κ3) is 5.06. The number of nitrogens with one attached hydrogen (secondary N) is 1. The van der Waals surface area contributed by atoms with Gasteiger partial charge in [-0.3, -0.25) is 0 Å². The van der Waals surface area contributed by atoms with Gasteiger partial charge in [0.2, 0.25) is 0 Å². The molecule has 1 atom stereocenters. The van der Waals surface area contributed by atoms with Crippen LogP contribution < -0.4 is 5.32 Å². The molecule has 0 saturated carbocycles. The number of rotatable bonds is 6. The summed E-state index contributed by atoms with van der Waals surface area (Å²) in [6.07, 6.45) is 11.7. The van der Waals surface area contributed by atoms with E-state index in [1.54, 1.807) is 0 Å². The molecule has 0 aromatic carbocycles. The third-order valence-electron chi connectivity index (χ3n) is 2.50. The van der Waals surface area contributed by atoms with Crippen LogP contribution >= 0.6 is 0 Å². The molecular formula is C11H21NO. The van der Waals surface area contributed by atoms with E-state index in [1.807, 2.05) is 0 Å².